The summed E-state index contributed by atoms with van der Waals surface area (Å²) in [5, 5.41) is 8.89. The number of fused-ring (bicyclic) bond motifs is 2. The maximum atomic E-state index is 13.5. The lowest BCUT2D eigenvalue weighted by atomic mass is 10.1. The van der Waals surface area contributed by atoms with E-state index in [9.17, 15) is 18.8 Å². The standard InChI is InChI=1S/C24H14FN5O3S2/c25-13-7-9-14(10-8-13)26-18(31)12-29-16-5-2-1-4-15(16)19(22(29)32)20-23(33)30-24(35-20)27-21(28-30)17-6-3-11-34-17/h1-11H,12H2,(H,26,31)/b20-19-. The molecule has 1 aliphatic rings. The zero-order valence-electron chi connectivity index (χ0n) is 17.8. The number of hydrogen-bond acceptors (Lipinski definition) is 7. The molecule has 0 saturated carbocycles. The molecule has 35 heavy (non-hydrogen) atoms. The van der Waals surface area contributed by atoms with E-state index >= 15 is 0 Å². The van der Waals surface area contributed by atoms with Gasteiger partial charge in [0.2, 0.25) is 10.9 Å². The van der Waals surface area contributed by atoms with Crippen LogP contribution in [-0.2, 0) is 9.59 Å². The summed E-state index contributed by atoms with van der Waals surface area (Å²) in [4.78, 5) is 46.4. The number of anilines is 2. The van der Waals surface area contributed by atoms with Crippen LogP contribution in [-0.4, -0.2) is 33.0 Å². The summed E-state index contributed by atoms with van der Waals surface area (Å²) in [7, 11) is 0. The lowest BCUT2D eigenvalue weighted by Crippen LogP contribution is -2.37. The third-order valence-corrected chi connectivity index (χ3v) is 7.37. The van der Waals surface area contributed by atoms with Crippen LogP contribution < -0.4 is 20.3 Å². The Kier molecular flexibility index (Phi) is 5.01. The van der Waals surface area contributed by atoms with Crippen molar-refractivity contribution in [2.24, 2.45) is 0 Å². The predicted molar refractivity (Wildman–Crippen MR) is 132 cm³/mol. The summed E-state index contributed by atoms with van der Waals surface area (Å²) in [5.74, 6) is -0.872. The number of nitrogens with one attached hydrogen (secondary N) is 1. The van der Waals surface area contributed by atoms with E-state index < -0.39 is 23.2 Å². The Labute approximate surface area is 204 Å². The molecule has 11 heteroatoms. The quantitative estimate of drug-likeness (QED) is 0.407. The van der Waals surface area contributed by atoms with E-state index in [2.05, 4.69) is 15.4 Å². The highest BCUT2D eigenvalue weighted by Crippen LogP contribution is 2.35. The third-order valence-electron chi connectivity index (χ3n) is 5.48. The number of amides is 2. The molecular weight excluding hydrogens is 489 g/mol. The number of hydrogen-bond donors (Lipinski definition) is 1. The molecule has 0 saturated heterocycles. The molecule has 0 unspecified atom stereocenters. The highest BCUT2D eigenvalue weighted by atomic mass is 32.1. The van der Waals surface area contributed by atoms with E-state index in [1.165, 1.54) is 45.0 Å². The van der Waals surface area contributed by atoms with Gasteiger partial charge in [-0.15, -0.1) is 16.4 Å². The summed E-state index contributed by atoms with van der Waals surface area (Å²) in [6.45, 7) is -0.270. The minimum Gasteiger partial charge on any atom is -0.325 e. The Bertz CT molecular complexity index is 1730. The van der Waals surface area contributed by atoms with Crippen molar-refractivity contribution in [3.05, 3.63) is 92.3 Å². The average molecular weight is 504 g/mol. The zero-order valence-corrected chi connectivity index (χ0v) is 19.4. The van der Waals surface area contributed by atoms with Gasteiger partial charge in [-0.2, -0.15) is 9.50 Å². The molecule has 3 aromatic heterocycles. The highest BCUT2D eigenvalue weighted by Gasteiger charge is 2.35. The van der Waals surface area contributed by atoms with Crippen molar-refractivity contribution in [3.63, 3.8) is 0 Å². The lowest BCUT2D eigenvalue weighted by Gasteiger charge is -2.16. The van der Waals surface area contributed by atoms with Crippen molar-refractivity contribution in [1.29, 1.82) is 0 Å². The molecule has 1 N–H and O–H groups in total. The van der Waals surface area contributed by atoms with Gasteiger partial charge in [0.15, 0.2) is 5.82 Å². The summed E-state index contributed by atoms with van der Waals surface area (Å²) in [5.41, 5.74) is 1.28. The van der Waals surface area contributed by atoms with Crippen LogP contribution in [0.2, 0.25) is 0 Å². The van der Waals surface area contributed by atoms with E-state index in [1.54, 1.807) is 24.3 Å². The topological polar surface area (TPSA) is 96.7 Å². The second-order valence-corrected chi connectivity index (χ2v) is 9.61. The summed E-state index contributed by atoms with van der Waals surface area (Å²) in [6.07, 6.45) is 0. The van der Waals surface area contributed by atoms with Gasteiger partial charge in [-0.3, -0.25) is 19.3 Å². The Balaban J connectivity index is 1.39. The Morgan fingerprint density at radius 1 is 1.03 bits per heavy atom. The first-order chi connectivity index (χ1) is 17.0. The van der Waals surface area contributed by atoms with E-state index in [0.29, 0.717) is 27.7 Å². The van der Waals surface area contributed by atoms with Gasteiger partial charge in [-0.25, -0.2) is 4.39 Å². The van der Waals surface area contributed by atoms with Gasteiger partial charge >= 0.3 is 0 Å². The van der Waals surface area contributed by atoms with Crippen molar-refractivity contribution in [1.82, 2.24) is 14.6 Å². The van der Waals surface area contributed by atoms with E-state index in [4.69, 9.17) is 0 Å². The molecule has 4 heterocycles. The highest BCUT2D eigenvalue weighted by molar-refractivity contribution is 7.15. The summed E-state index contributed by atoms with van der Waals surface area (Å²) < 4.78 is 14.6. The largest absolute Gasteiger partial charge is 0.325 e. The van der Waals surface area contributed by atoms with Gasteiger partial charge < -0.3 is 5.32 Å². The van der Waals surface area contributed by atoms with Gasteiger partial charge in [0.1, 0.15) is 16.9 Å². The third kappa shape index (κ3) is 3.61. The predicted octanol–water partition coefficient (Wildman–Crippen LogP) is 2.92. The van der Waals surface area contributed by atoms with E-state index in [-0.39, 0.29) is 16.7 Å². The number of thiophene rings is 1. The Morgan fingerprint density at radius 2 is 1.83 bits per heavy atom. The Morgan fingerprint density at radius 3 is 2.57 bits per heavy atom. The van der Waals surface area contributed by atoms with Gasteiger partial charge in [0.25, 0.3) is 11.5 Å². The fraction of sp³-hybridized carbons (Fsp3) is 0.0417. The molecule has 0 fully saturated rings. The molecule has 0 atom stereocenters. The molecule has 5 aromatic rings. The van der Waals surface area contributed by atoms with Crippen LogP contribution in [0.1, 0.15) is 5.56 Å². The van der Waals surface area contributed by atoms with Crippen LogP contribution in [0.25, 0.3) is 21.2 Å². The molecule has 0 radical (unpaired) electrons. The average Bonchev–Trinajstić information content (AvgIpc) is 3.62. The Hall–Kier alpha value is -4.22. The van der Waals surface area contributed by atoms with Crippen molar-refractivity contribution in [2.45, 2.75) is 0 Å². The second-order valence-electron chi connectivity index (χ2n) is 7.68. The number of para-hydroxylation sites is 1. The number of rotatable bonds is 4. The molecule has 2 aromatic carbocycles. The van der Waals surface area contributed by atoms with Crippen LogP contribution in [0.5, 0.6) is 0 Å². The van der Waals surface area contributed by atoms with E-state index in [0.717, 1.165) is 16.2 Å². The fourth-order valence-corrected chi connectivity index (χ4v) is 5.58. The smallest absolute Gasteiger partial charge is 0.291 e. The molecule has 1 aliphatic heterocycles. The number of carbonyl (C=O) groups is 2. The first kappa shape index (κ1) is 21.3. The lowest BCUT2D eigenvalue weighted by molar-refractivity contribution is -0.118. The fourth-order valence-electron chi connectivity index (χ4n) is 3.93. The number of halogens is 1. The molecule has 6 rings (SSSR count). The molecule has 0 spiro atoms. The maximum absolute atomic E-state index is 13.5. The van der Waals surface area contributed by atoms with E-state index in [1.807, 2.05) is 17.5 Å². The minimum absolute atomic E-state index is 0.218. The van der Waals surface area contributed by atoms with Crippen LogP contribution in [0.4, 0.5) is 15.8 Å². The number of nitrogens with zero attached hydrogens (tertiary/aromatic N) is 4. The number of carbonyl (C=O) groups excluding carboxylic acids is 2. The number of aromatic nitrogens is 3. The van der Waals surface area contributed by atoms with Gasteiger partial charge in [-0.05, 0) is 41.8 Å². The van der Waals surface area contributed by atoms with Crippen molar-refractivity contribution < 1.29 is 14.0 Å². The monoisotopic (exact) mass is 503 g/mol. The zero-order chi connectivity index (χ0) is 24.1. The molecule has 8 nitrogen and oxygen atoms in total. The van der Waals surface area contributed by atoms with Gasteiger partial charge in [0, 0.05) is 11.3 Å². The second kappa shape index (κ2) is 8.22. The van der Waals surface area contributed by atoms with Crippen LogP contribution >= 0.6 is 22.7 Å². The molecular formula is C24H14FN5O3S2. The number of benzene rings is 2. The molecule has 172 valence electrons. The number of thiazole rings is 1. The molecule has 0 bridgehead atoms. The van der Waals surface area contributed by atoms with Gasteiger partial charge in [-0.1, -0.05) is 35.6 Å². The molecule has 2 amide bonds. The van der Waals surface area contributed by atoms with Crippen LogP contribution in [0.15, 0.2) is 70.8 Å². The first-order valence-corrected chi connectivity index (χ1v) is 12.1. The molecule has 0 aliphatic carbocycles. The van der Waals surface area contributed by atoms with Crippen molar-refractivity contribution in [3.8, 4) is 10.7 Å². The maximum Gasteiger partial charge on any atom is 0.291 e. The normalized spacial score (nSPS) is 14.5. The van der Waals surface area contributed by atoms with Crippen molar-refractivity contribution in [2.75, 3.05) is 16.8 Å². The summed E-state index contributed by atoms with van der Waals surface area (Å²) in [6, 6.07) is 16.1. The minimum atomic E-state index is -0.458. The summed E-state index contributed by atoms with van der Waals surface area (Å²) >= 11 is 2.56. The van der Waals surface area contributed by atoms with Crippen molar-refractivity contribution >= 4 is 56.4 Å². The SMILES string of the molecule is O=C(CN1C(=O)/C(=c2\sc3nc(-c4cccs4)nn3c2=O)c2ccccc21)Nc1ccc(F)cc1. The van der Waals surface area contributed by atoms with Crippen LogP contribution in [0.3, 0.4) is 0 Å². The van der Waals surface area contributed by atoms with Gasteiger partial charge in [0.05, 0.1) is 16.1 Å². The van der Waals surface area contributed by atoms with Crippen LogP contribution in [0, 0.1) is 5.82 Å². The first-order valence-electron chi connectivity index (χ1n) is 10.4.